The Bertz CT molecular complexity index is 1030. The molecule has 4 rings (SSSR count). The van der Waals surface area contributed by atoms with Crippen LogP contribution in [0.3, 0.4) is 0 Å². The standard InChI is InChI=1S/C22H26N6O2/c1-14-6-7-16(10-24-14)20-17(15(2)30-28-20)13-29-19-12-25-18(11-26-19)21(23)27-22(3)8-4-5-9-22/h6-7,10-12H,4-5,8-9,13H2,1-3H3,(H2,23,27). The first kappa shape index (κ1) is 20.0. The predicted molar refractivity (Wildman–Crippen MR) is 113 cm³/mol. The molecule has 0 radical (unpaired) electrons. The van der Waals surface area contributed by atoms with Crippen molar-refractivity contribution in [3.63, 3.8) is 0 Å². The van der Waals surface area contributed by atoms with Crippen molar-refractivity contribution in [2.45, 2.75) is 58.6 Å². The lowest BCUT2D eigenvalue weighted by atomic mass is 10.0. The van der Waals surface area contributed by atoms with Crippen molar-refractivity contribution in [1.29, 1.82) is 0 Å². The first-order chi connectivity index (χ1) is 14.4. The lowest BCUT2D eigenvalue weighted by molar-refractivity contribution is 0.289. The third-order valence-corrected chi connectivity index (χ3v) is 5.50. The smallest absolute Gasteiger partial charge is 0.232 e. The Morgan fingerprint density at radius 3 is 2.60 bits per heavy atom. The van der Waals surface area contributed by atoms with Crippen LogP contribution in [0.5, 0.6) is 5.88 Å². The van der Waals surface area contributed by atoms with Gasteiger partial charge in [-0.25, -0.2) is 9.97 Å². The first-order valence-corrected chi connectivity index (χ1v) is 10.1. The zero-order chi connectivity index (χ0) is 21.1. The van der Waals surface area contributed by atoms with E-state index in [2.05, 4.69) is 32.0 Å². The van der Waals surface area contributed by atoms with Gasteiger partial charge in [0.1, 0.15) is 29.6 Å². The minimum absolute atomic E-state index is 0.0893. The second-order valence-electron chi connectivity index (χ2n) is 7.98. The van der Waals surface area contributed by atoms with E-state index >= 15 is 0 Å². The van der Waals surface area contributed by atoms with E-state index in [9.17, 15) is 0 Å². The summed E-state index contributed by atoms with van der Waals surface area (Å²) in [7, 11) is 0. The molecule has 3 aromatic rings. The van der Waals surface area contributed by atoms with E-state index in [1.807, 2.05) is 26.0 Å². The molecule has 156 valence electrons. The first-order valence-electron chi connectivity index (χ1n) is 10.1. The second-order valence-corrected chi connectivity index (χ2v) is 7.98. The number of aromatic nitrogens is 4. The van der Waals surface area contributed by atoms with Gasteiger partial charge < -0.3 is 15.0 Å². The van der Waals surface area contributed by atoms with Crippen LogP contribution in [0.1, 0.15) is 55.3 Å². The molecule has 0 aromatic carbocycles. The van der Waals surface area contributed by atoms with Crippen molar-refractivity contribution >= 4 is 5.84 Å². The topological polar surface area (TPSA) is 112 Å². The summed E-state index contributed by atoms with van der Waals surface area (Å²) >= 11 is 0. The highest BCUT2D eigenvalue weighted by atomic mass is 16.5. The average Bonchev–Trinajstić information content (AvgIpc) is 3.33. The van der Waals surface area contributed by atoms with Crippen LogP contribution in [-0.4, -0.2) is 31.5 Å². The number of amidine groups is 1. The highest BCUT2D eigenvalue weighted by Gasteiger charge is 2.28. The van der Waals surface area contributed by atoms with Crippen molar-refractivity contribution in [2.24, 2.45) is 10.7 Å². The molecule has 8 heteroatoms. The highest BCUT2D eigenvalue weighted by Crippen LogP contribution is 2.33. The predicted octanol–water partition coefficient (Wildman–Crippen LogP) is 3.76. The molecule has 2 N–H and O–H groups in total. The average molecular weight is 406 g/mol. The molecule has 0 amide bonds. The molecule has 1 aliphatic carbocycles. The molecule has 1 fully saturated rings. The third kappa shape index (κ3) is 4.32. The molecule has 0 spiro atoms. The van der Waals surface area contributed by atoms with Crippen LogP contribution in [0.4, 0.5) is 0 Å². The fourth-order valence-corrected chi connectivity index (χ4v) is 3.66. The molecule has 1 aliphatic rings. The number of rotatable bonds is 6. The number of aryl methyl sites for hydroxylation is 2. The molecule has 0 bridgehead atoms. The minimum atomic E-state index is -0.0893. The van der Waals surface area contributed by atoms with Gasteiger partial charge in [-0.05, 0) is 45.7 Å². The minimum Gasteiger partial charge on any atom is -0.471 e. The quantitative estimate of drug-likeness (QED) is 0.490. The fourth-order valence-electron chi connectivity index (χ4n) is 3.66. The van der Waals surface area contributed by atoms with Gasteiger partial charge in [-0.2, -0.15) is 0 Å². The largest absolute Gasteiger partial charge is 0.471 e. The number of nitrogens with two attached hydrogens (primary N) is 1. The Balaban J connectivity index is 1.46. The maximum absolute atomic E-state index is 6.16. The normalized spacial score (nSPS) is 16.0. The Hall–Kier alpha value is -3.29. The Labute approximate surface area is 175 Å². The lowest BCUT2D eigenvalue weighted by Gasteiger charge is -2.18. The van der Waals surface area contributed by atoms with E-state index in [-0.39, 0.29) is 12.1 Å². The van der Waals surface area contributed by atoms with Crippen molar-refractivity contribution in [3.8, 4) is 17.1 Å². The zero-order valence-corrected chi connectivity index (χ0v) is 17.6. The molecule has 0 saturated heterocycles. The van der Waals surface area contributed by atoms with E-state index in [1.165, 1.54) is 12.8 Å². The Morgan fingerprint density at radius 2 is 1.93 bits per heavy atom. The summed E-state index contributed by atoms with van der Waals surface area (Å²) in [5, 5.41) is 4.16. The van der Waals surface area contributed by atoms with Crippen LogP contribution >= 0.6 is 0 Å². The van der Waals surface area contributed by atoms with E-state index in [0.29, 0.717) is 28.9 Å². The molecular weight excluding hydrogens is 380 g/mol. The van der Waals surface area contributed by atoms with Gasteiger partial charge in [0.15, 0.2) is 0 Å². The summed E-state index contributed by atoms with van der Waals surface area (Å²) < 4.78 is 11.2. The second kappa shape index (κ2) is 8.22. The lowest BCUT2D eigenvalue weighted by Crippen LogP contribution is -2.25. The molecule has 0 unspecified atom stereocenters. The van der Waals surface area contributed by atoms with E-state index in [1.54, 1.807) is 18.6 Å². The van der Waals surface area contributed by atoms with Gasteiger partial charge in [-0.15, -0.1) is 0 Å². The number of hydrogen-bond donors (Lipinski definition) is 1. The maximum atomic E-state index is 6.16. The van der Waals surface area contributed by atoms with E-state index in [0.717, 1.165) is 29.7 Å². The zero-order valence-electron chi connectivity index (χ0n) is 17.6. The number of nitrogens with zero attached hydrogens (tertiary/aromatic N) is 5. The summed E-state index contributed by atoms with van der Waals surface area (Å²) in [6.07, 6.45) is 9.42. The van der Waals surface area contributed by atoms with Gasteiger partial charge >= 0.3 is 0 Å². The number of hydrogen-bond acceptors (Lipinski definition) is 7. The van der Waals surface area contributed by atoms with E-state index in [4.69, 9.17) is 15.0 Å². The van der Waals surface area contributed by atoms with Crippen molar-refractivity contribution < 1.29 is 9.26 Å². The Kier molecular flexibility index (Phi) is 5.48. The summed E-state index contributed by atoms with van der Waals surface area (Å²) in [5.74, 6) is 1.51. The van der Waals surface area contributed by atoms with Gasteiger partial charge in [-0.1, -0.05) is 18.0 Å². The molecule has 0 atom stereocenters. The van der Waals surface area contributed by atoms with Gasteiger partial charge in [-0.3, -0.25) is 9.98 Å². The number of aliphatic imine (C=N–C) groups is 1. The molecule has 30 heavy (non-hydrogen) atoms. The maximum Gasteiger partial charge on any atom is 0.232 e. The van der Waals surface area contributed by atoms with Crippen LogP contribution in [-0.2, 0) is 6.61 Å². The monoisotopic (exact) mass is 406 g/mol. The molecule has 8 nitrogen and oxygen atoms in total. The molecule has 3 heterocycles. The molecular formula is C22H26N6O2. The van der Waals surface area contributed by atoms with Gasteiger partial charge in [0.25, 0.3) is 0 Å². The van der Waals surface area contributed by atoms with Crippen LogP contribution in [0.25, 0.3) is 11.3 Å². The summed E-state index contributed by atoms with van der Waals surface area (Å²) in [4.78, 5) is 17.7. The van der Waals surface area contributed by atoms with Crippen molar-refractivity contribution in [3.05, 3.63) is 53.4 Å². The van der Waals surface area contributed by atoms with Crippen molar-refractivity contribution in [2.75, 3.05) is 0 Å². The molecule has 0 aliphatic heterocycles. The SMILES string of the molecule is Cc1ccc(-c2noc(C)c2COc2cnc(C(N)=NC3(C)CCCC3)cn2)cn1. The molecule has 3 aromatic heterocycles. The fraction of sp³-hybridized carbons (Fsp3) is 0.409. The van der Waals surface area contributed by atoms with Crippen LogP contribution < -0.4 is 10.5 Å². The third-order valence-electron chi connectivity index (χ3n) is 5.50. The van der Waals surface area contributed by atoms with E-state index < -0.39 is 0 Å². The van der Waals surface area contributed by atoms with Gasteiger partial charge in [0, 0.05) is 17.5 Å². The van der Waals surface area contributed by atoms with Gasteiger partial charge in [0.2, 0.25) is 5.88 Å². The molecule has 1 saturated carbocycles. The number of pyridine rings is 1. The highest BCUT2D eigenvalue weighted by molar-refractivity contribution is 5.95. The van der Waals surface area contributed by atoms with Gasteiger partial charge in [0.05, 0.1) is 23.5 Å². The van der Waals surface area contributed by atoms with Crippen LogP contribution in [0.2, 0.25) is 0 Å². The summed E-state index contributed by atoms with van der Waals surface area (Å²) in [6, 6.07) is 3.90. The van der Waals surface area contributed by atoms with Crippen LogP contribution in [0, 0.1) is 13.8 Å². The number of ether oxygens (including phenoxy) is 1. The van der Waals surface area contributed by atoms with Crippen molar-refractivity contribution in [1.82, 2.24) is 20.1 Å². The summed E-state index contributed by atoms with van der Waals surface area (Å²) in [5.41, 5.74) is 10.0. The Morgan fingerprint density at radius 1 is 1.13 bits per heavy atom. The summed E-state index contributed by atoms with van der Waals surface area (Å²) in [6.45, 7) is 6.19. The van der Waals surface area contributed by atoms with Crippen LogP contribution in [0.15, 0.2) is 40.2 Å².